The number of non-ortho nitro benzene ring substituents is 1. The molecule has 2 rings (SSSR count). The number of halogens is 1. The average Bonchev–Trinajstić information content (AvgIpc) is 2.54. The molecule has 134 valence electrons. The van der Waals surface area contributed by atoms with Crippen LogP contribution < -0.4 is 0 Å². The monoisotopic (exact) mass is 357 g/mol. The summed E-state index contributed by atoms with van der Waals surface area (Å²) in [4.78, 5) is 25.5. The van der Waals surface area contributed by atoms with Crippen LogP contribution in [-0.2, 0) is 11.3 Å². The maximum atomic E-state index is 10.9. The summed E-state index contributed by atoms with van der Waals surface area (Å²) in [6, 6.07) is 6.99. The third kappa shape index (κ3) is 5.74. The van der Waals surface area contributed by atoms with E-state index in [4.69, 9.17) is 5.11 Å². The molecular weight excluding hydrogens is 334 g/mol. The molecule has 1 aliphatic rings. The zero-order valence-electron chi connectivity index (χ0n) is 13.8. The second kappa shape index (κ2) is 9.56. The number of nitrogens with zero attached hydrogens (tertiary/aromatic N) is 3. The van der Waals surface area contributed by atoms with Crippen molar-refractivity contribution in [2.45, 2.75) is 32.4 Å². The molecule has 7 nitrogen and oxygen atoms in total. The summed E-state index contributed by atoms with van der Waals surface area (Å²) in [6.07, 6.45) is 1.90. The van der Waals surface area contributed by atoms with Crippen molar-refractivity contribution >= 4 is 24.1 Å². The molecule has 24 heavy (non-hydrogen) atoms. The molecule has 8 heteroatoms. The van der Waals surface area contributed by atoms with Gasteiger partial charge < -0.3 is 5.11 Å². The number of nitro benzene ring substituents is 1. The fraction of sp³-hybridized carbons (Fsp3) is 0.562. The van der Waals surface area contributed by atoms with Crippen LogP contribution in [0.25, 0.3) is 0 Å². The van der Waals surface area contributed by atoms with E-state index in [1.807, 2.05) is 11.8 Å². The summed E-state index contributed by atoms with van der Waals surface area (Å²) in [5, 5.41) is 19.6. The third-order valence-corrected chi connectivity index (χ3v) is 4.37. The highest BCUT2D eigenvalue weighted by molar-refractivity contribution is 5.85. The summed E-state index contributed by atoms with van der Waals surface area (Å²) in [5.74, 6) is -0.778. The van der Waals surface area contributed by atoms with Gasteiger partial charge in [0.2, 0.25) is 0 Å². The van der Waals surface area contributed by atoms with E-state index in [1.165, 1.54) is 12.1 Å². The highest BCUT2D eigenvalue weighted by Gasteiger charge is 2.25. The number of likely N-dealkylation sites (N-methyl/N-ethyl adjacent to an activating group) is 1. The van der Waals surface area contributed by atoms with Gasteiger partial charge in [0.1, 0.15) is 0 Å². The minimum absolute atomic E-state index is 0. The molecular formula is C16H24ClN3O4. The molecule has 0 unspecified atom stereocenters. The van der Waals surface area contributed by atoms with E-state index in [0.717, 1.165) is 44.6 Å². The van der Waals surface area contributed by atoms with Crippen molar-refractivity contribution in [3.05, 3.63) is 39.9 Å². The Bertz CT molecular complexity index is 545. The SMILES string of the molecule is CCN(CC(=O)O)C1CCN(Cc2ccc([N+](=O)[O-])cc2)CC1.Cl. The molecule has 0 aliphatic carbocycles. The van der Waals surface area contributed by atoms with Gasteiger partial charge in [0, 0.05) is 24.7 Å². The summed E-state index contributed by atoms with van der Waals surface area (Å²) in [7, 11) is 0. The van der Waals surface area contributed by atoms with Gasteiger partial charge in [-0.15, -0.1) is 12.4 Å². The molecule has 1 aromatic rings. The van der Waals surface area contributed by atoms with Crippen LogP contribution in [0.1, 0.15) is 25.3 Å². The lowest BCUT2D eigenvalue weighted by atomic mass is 10.0. The van der Waals surface area contributed by atoms with Crippen LogP contribution in [0.2, 0.25) is 0 Å². The Kier molecular flexibility index (Phi) is 8.10. The molecule has 1 aliphatic heterocycles. The van der Waals surface area contributed by atoms with Gasteiger partial charge in [-0.1, -0.05) is 19.1 Å². The second-order valence-electron chi connectivity index (χ2n) is 5.89. The number of benzene rings is 1. The lowest BCUT2D eigenvalue weighted by Gasteiger charge is -2.37. The lowest BCUT2D eigenvalue weighted by Crippen LogP contribution is -2.46. The van der Waals surface area contributed by atoms with Crippen LogP contribution in [0.4, 0.5) is 5.69 Å². The topological polar surface area (TPSA) is 86.9 Å². The summed E-state index contributed by atoms with van der Waals surface area (Å²) < 4.78 is 0. The first-order valence-corrected chi connectivity index (χ1v) is 7.91. The van der Waals surface area contributed by atoms with E-state index in [-0.39, 0.29) is 24.6 Å². The lowest BCUT2D eigenvalue weighted by molar-refractivity contribution is -0.384. The highest BCUT2D eigenvalue weighted by Crippen LogP contribution is 2.19. The maximum Gasteiger partial charge on any atom is 0.317 e. The molecule has 1 saturated heterocycles. The van der Waals surface area contributed by atoms with Gasteiger partial charge in [0.15, 0.2) is 0 Å². The van der Waals surface area contributed by atoms with Crippen LogP contribution >= 0.6 is 12.4 Å². The van der Waals surface area contributed by atoms with E-state index in [0.29, 0.717) is 6.04 Å². The number of carbonyl (C=O) groups is 1. The van der Waals surface area contributed by atoms with E-state index >= 15 is 0 Å². The third-order valence-electron chi connectivity index (χ3n) is 4.37. The van der Waals surface area contributed by atoms with Crippen molar-refractivity contribution in [2.24, 2.45) is 0 Å². The van der Waals surface area contributed by atoms with E-state index in [9.17, 15) is 14.9 Å². The zero-order chi connectivity index (χ0) is 16.8. The van der Waals surface area contributed by atoms with Crippen molar-refractivity contribution in [3.8, 4) is 0 Å². The molecule has 1 heterocycles. The molecule has 1 N–H and O–H groups in total. The molecule has 0 spiro atoms. The highest BCUT2D eigenvalue weighted by atomic mass is 35.5. The van der Waals surface area contributed by atoms with Gasteiger partial charge in [-0.3, -0.25) is 24.7 Å². The first-order chi connectivity index (χ1) is 11.0. The van der Waals surface area contributed by atoms with E-state index in [2.05, 4.69) is 4.90 Å². The Morgan fingerprint density at radius 2 is 1.92 bits per heavy atom. The number of rotatable bonds is 7. The standard InChI is InChI=1S/C16H23N3O4.ClH/c1-2-18(12-16(20)21)14-7-9-17(10-8-14)11-13-3-5-15(6-4-13)19(22)23;/h3-6,14H,2,7-12H2,1H3,(H,20,21);1H. The molecule has 0 aromatic heterocycles. The molecule has 0 saturated carbocycles. The van der Waals surface area contributed by atoms with Gasteiger partial charge in [0.05, 0.1) is 11.5 Å². The molecule has 1 fully saturated rings. The van der Waals surface area contributed by atoms with Crippen molar-refractivity contribution in [1.29, 1.82) is 0 Å². The van der Waals surface area contributed by atoms with Crippen LogP contribution in [0.3, 0.4) is 0 Å². The Balaban J connectivity index is 0.00000288. The van der Waals surface area contributed by atoms with Crippen LogP contribution in [-0.4, -0.2) is 58.0 Å². The Morgan fingerprint density at radius 1 is 1.33 bits per heavy atom. The molecule has 1 aromatic carbocycles. The van der Waals surface area contributed by atoms with Gasteiger partial charge >= 0.3 is 5.97 Å². The molecule has 0 bridgehead atoms. The molecule has 0 radical (unpaired) electrons. The van der Waals surface area contributed by atoms with Gasteiger partial charge in [-0.2, -0.15) is 0 Å². The number of hydrogen-bond donors (Lipinski definition) is 1. The fourth-order valence-corrected chi connectivity index (χ4v) is 3.10. The zero-order valence-corrected chi connectivity index (χ0v) is 14.6. The van der Waals surface area contributed by atoms with Gasteiger partial charge in [-0.05, 0) is 38.0 Å². The predicted molar refractivity (Wildman–Crippen MR) is 93.5 cm³/mol. The first kappa shape index (κ1) is 20.3. The number of carboxylic acid groups (broad SMARTS) is 1. The average molecular weight is 358 g/mol. The Morgan fingerprint density at radius 3 is 2.38 bits per heavy atom. The number of carboxylic acids is 1. The summed E-state index contributed by atoms with van der Waals surface area (Å²) >= 11 is 0. The van der Waals surface area contributed by atoms with Crippen molar-refractivity contribution in [3.63, 3.8) is 0 Å². The first-order valence-electron chi connectivity index (χ1n) is 7.91. The van der Waals surface area contributed by atoms with Crippen molar-refractivity contribution in [1.82, 2.24) is 9.80 Å². The maximum absolute atomic E-state index is 10.9. The number of piperidine rings is 1. The minimum Gasteiger partial charge on any atom is -0.480 e. The summed E-state index contributed by atoms with van der Waals surface area (Å²) in [6.45, 7) is 5.44. The fourth-order valence-electron chi connectivity index (χ4n) is 3.10. The second-order valence-corrected chi connectivity index (χ2v) is 5.89. The van der Waals surface area contributed by atoms with Crippen LogP contribution in [0.15, 0.2) is 24.3 Å². The quantitative estimate of drug-likeness (QED) is 0.595. The van der Waals surface area contributed by atoms with Crippen molar-refractivity contribution in [2.75, 3.05) is 26.2 Å². The van der Waals surface area contributed by atoms with Gasteiger partial charge in [-0.25, -0.2) is 0 Å². The Labute approximate surface area is 147 Å². The number of aliphatic carboxylic acids is 1. The number of likely N-dealkylation sites (tertiary alicyclic amines) is 1. The number of hydrogen-bond acceptors (Lipinski definition) is 5. The van der Waals surface area contributed by atoms with Crippen LogP contribution in [0, 0.1) is 10.1 Å². The van der Waals surface area contributed by atoms with Crippen LogP contribution in [0.5, 0.6) is 0 Å². The molecule has 0 amide bonds. The largest absolute Gasteiger partial charge is 0.480 e. The molecule has 0 atom stereocenters. The predicted octanol–water partition coefficient (Wildman–Crippen LogP) is 2.39. The minimum atomic E-state index is -0.778. The summed E-state index contributed by atoms with van der Waals surface area (Å²) in [5.41, 5.74) is 1.17. The van der Waals surface area contributed by atoms with E-state index in [1.54, 1.807) is 12.1 Å². The Hall–Kier alpha value is -1.70. The smallest absolute Gasteiger partial charge is 0.317 e. The van der Waals surface area contributed by atoms with Crippen molar-refractivity contribution < 1.29 is 14.8 Å². The van der Waals surface area contributed by atoms with Gasteiger partial charge in [0.25, 0.3) is 5.69 Å². The van der Waals surface area contributed by atoms with E-state index < -0.39 is 10.9 Å². The normalized spacial score (nSPS) is 15.9. The number of nitro groups is 1.